The molecule has 0 unspecified atom stereocenters. The maximum Gasteiger partial charge on any atom is 0.325 e. The number of likely N-dealkylation sites (tertiary alicyclic amines) is 3. The minimum atomic E-state index is -2.68. The zero-order valence-corrected chi connectivity index (χ0v) is 27.3. The fourth-order valence-electron chi connectivity index (χ4n) is 6.00. The van der Waals surface area contributed by atoms with Gasteiger partial charge >= 0.3 is 6.05 Å². The topological polar surface area (TPSA) is 9.72 Å². The van der Waals surface area contributed by atoms with Crippen molar-refractivity contribution in [3.05, 3.63) is 36.8 Å². The average molecular weight is 540 g/mol. The van der Waals surface area contributed by atoms with Gasteiger partial charge in [0, 0.05) is 53.7 Å². The lowest BCUT2D eigenvalue weighted by Crippen LogP contribution is -2.49. The van der Waals surface area contributed by atoms with E-state index in [4.69, 9.17) is 0 Å². The largest absolute Gasteiger partial charge is 0.372 e. The molecular weight excluding hydrogens is 476 g/mol. The molecule has 3 saturated heterocycles. The van der Waals surface area contributed by atoms with Crippen LogP contribution in [-0.4, -0.2) is 51.0 Å². The molecule has 3 heterocycles. The first-order valence-corrected chi connectivity index (χ1v) is 15.1. The maximum absolute atomic E-state index is 13.2. The van der Waals surface area contributed by atoms with Crippen LogP contribution >= 0.6 is 0 Å². The first-order chi connectivity index (χ1) is 17.3. The van der Waals surface area contributed by atoms with Crippen molar-refractivity contribution < 1.29 is 8.78 Å². The van der Waals surface area contributed by atoms with Gasteiger partial charge in [0.2, 0.25) is 0 Å². The molecule has 0 aliphatic carbocycles. The van der Waals surface area contributed by atoms with Gasteiger partial charge in [-0.2, -0.15) is 8.78 Å². The van der Waals surface area contributed by atoms with Crippen LogP contribution in [0.15, 0.2) is 36.8 Å². The van der Waals surface area contributed by atoms with E-state index in [0.29, 0.717) is 41.6 Å². The highest BCUT2D eigenvalue weighted by atomic mass is 19.3. The Balaban J connectivity index is 0.000000523. The van der Waals surface area contributed by atoms with E-state index < -0.39 is 6.05 Å². The molecule has 5 heteroatoms. The van der Waals surface area contributed by atoms with Crippen LogP contribution in [-0.2, 0) is 0 Å². The van der Waals surface area contributed by atoms with Crippen LogP contribution in [0.3, 0.4) is 0 Å². The molecule has 3 rings (SSSR count). The Morgan fingerprint density at radius 1 is 0.632 bits per heavy atom. The van der Waals surface area contributed by atoms with E-state index in [1.54, 1.807) is 13.8 Å². The molecule has 0 radical (unpaired) electrons. The number of hydrogen-bond acceptors (Lipinski definition) is 3. The van der Waals surface area contributed by atoms with Crippen molar-refractivity contribution in [3.63, 3.8) is 0 Å². The number of nitrogens with zero attached hydrogens (tertiary/aromatic N) is 3. The average Bonchev–Trinajstić information content (AvgIpc) is 2.75. The molecule has 3 aliphatic rings. The van der Waals surface area contributed by atoms with Crippen LogP contribution in [0.1, 0.15) is 134 Å². The lowest BCUT2D eigenvalue weighted by atomic mass is 9.82. The summed E-state index contributed by atoms with van der Waals surface area (Å²) in [6.45, 7) is 38.9. The monoisotopic (exact) mass is 539 g/mol. The standard InChI is InChI=1S/2C11H21N.C9H15F2N.C2H6/c1-9(2)12-8-11(4,5)7-6-10(12)3;1-9(2)12-10(3)7-6-8-11(12,4)5;1-7(2)12-8(3)5-4-6-9(12,10)11;1-2/h2*9H,3,6-8H2,1-2,4-5H3;7H,3-6H2,1-2H3;1-2H3. The molecule has 0 amide bonds. The molecule has 0 saturated carbocycles. The van der Waals surface area contributed by atoms with Gasteiger partial charge in [0.15, 0.2) is 0 Å². The second kappa shape index (κ2) is 15.3. The van der Waals surface area contributed by atoms with Crippen molar-refractivity contribution in [2.24, 2.45) is 5.41 Å². The summed E-state index contributed by atoms with van der Waals surface area (Å²) >= 11 is 0. The highest BCUT2D eigenvalue weighted by molar-refractivity contribution is 5.06. The van der Waals surface area contributed by atoms with Crippen molar-refractivity contribution in [2.75, 3.05) is 6.54 Å². The number of piperidine rings is 3. The molecular formula is C33H63F2N3. The molecule has 0 atom stereocenters. The Morgan fingerprint density at radius 3 is 1.39 bits per heavy atom. The first-order valence-electron chi connectivity index (χ1n) is 15.1. The molecule has 38 heavy (non-hydrogen) atoms. The minimum absolute atomic E-state index is 0.0375. The lowest BCUT2D eigenvalue weighted by molar-refractivity contribution is -0.160. The predicted molar refractivity (Wildman–Crippen MR) is 164 cm³/mol. The smallest absolute Gasteiger partial charge is 0.325 e. The van der Waals surface area contributed by atoms with E-state index in [1.165, 1.54) is 50.0 Å². The molecule has 0 N–H and O–H groups in total. The van der Waals surface area contributed by atoms with Crippen molar-refractivity contribution in [3.8, 4) is 0 Å². The van der Waals surface area contributed by atoms with Gasteiger partial charge in [-0.25, -0.2) is 0 Å². The summed E-state index contributed by atoms with van der Waals surface area (Å²) in [7, 11) is 0. The van der Waals surface area contributed by atoms with Gasteiger partial charge in [0.05, 0.1) is 0 Å². The van der Waals surface area contributed by atoms with Crippen LogP contribution in [0.5, 0.6) is 0 Å². The number of halogens is 2. The molecule has 224 valence electrons. The van der Waals surface area contributed by atoms with Crippen LogP contribution < -0.4 is 0 Å². The SMILES string of the molecule is C=C1CCC(C)(C)CN1C(C)C.C=C1CCCC(C)(C)N1C(C)C.C=C1CCCC(F)(F)N1C(C)C.CC. The molecule has 0 aromatic rings. The van der Waals surface area contributed by atoms with Crippen LogP contribution in [0.2, 0.25) is 0 Å². The second-order valence-corrected chi connectivity index (χ2v) is 13.2. The van der Waals surface area contributed by atoms with E-state index in [-0.39, 0.29) is 12.5 Å². The Labute approximate surface area is 236 Å². The normalized spacial score (nSPS) is 22.3. The van der Waals surface area contributed by atoms with E-state index in [9.17, 15) is 8.78 Å². The maximum atomic E-state index is 13.2. The summed E-state index contributed by atoms with van der Waals surface area (Å²) in [5.74, 6) is 0. The van der Waals surface area contributed by atoms with Crippen molar-refractivity contribution in [1.82, 2.24) is 14.7 Å². The summed E-state index contributed by atoms with van der Waals surface area (Å²) < 4.78 is 26.5. The second-order valence-electron chi connectivity index (χ2n) is 13.2. The van der Waals surface area contributed by atoms with Gasteiger partial charge in [-0.3, -0.25) is 0 Å². The lowest BCUT2D eigenvalue weighted by Gasteiger charge is -2.48. The summed E-state index contributed by atoms with van der Waals surface area (Å²) in [5.41, 5.74) is 4.02. The number of rotatable bonds is 3. The zero-order chi connectivity index (χ0) is 30.1. The van der Waals surface area contributed by atoms with Gasteiger partial charge in [-0.15, -0.1) is 0 Å². The molecule has 0 aromatic heterocycles. The Morgan fingerprint density at radius 2 is 1.08 bits per heavy atom. The van der Waals surface area contributed by atoms with E-state index >= 15 is 0 Å². The third kappa shape index (κ3) is 10.9. The highest BCUT2D eigenvalue weighted by Gasteiger charge is 2.41. The van der Waals surface area contributed by atoms with Gasteiger partial charge in [-0.05, 0) is 106 Å². The zero-order valence-electron chi connectivity index (χ0n) is 27.3. The van der Waals surface area contributed by atoms with E-state index in [1.807, 2.05) is 13.8 Å². The summed E-state index contributed by atoms with van der Waals surface area (Å²) in [5, 5.41) is 0. The van der Waals surface area contributed by atoms with Gasteiger partial charge in [0.1, 0.15) is 0 Å². The van der Waals surface area contributed by atoms with Crippen LogP contribution in [0.4, 0.5) is 8.78 Å². The van der Waals surface area contributed by atoms with E-state index in [2.05, 4.69) is 84.9 Å². The van der Waals surface area contributed by atoms with Gasteiger partial charge < -0.3 is 14.7 Å². The number of alkyl halides is 2. The Bertz CT molecular complexity index is 707. The molecule has 3 aliphatic heterocycles. The van der Waals surface area contributed by atoms with E-state index in [0.717, 1.165) is 4.90 Å². The third-order valence-electron chi connectivity index (χ3n) is 7.63. The molecule has 0 bridgehead atoms. The van der Waals surface area contributed by atoms with Crippen molar-refractivity contribution in [1.29, 1.82) is 0 Å². The molecule has 3 fully saturated rings. The molecule has 3 nitrogen and oxygen atoms in total. The first kappa shape index (κ1) is 36.5. The van der Waals surface area contributed by atoms with Gasteiger partial charge in [0.25, 0.3) is 0 Å². The minimum Gasteiger partial charge on any atom is -0.372 e. The highest BCUT2D eigenvalue weighted by Crippen LogP contribution is 2.38. The Kier molecular flexibility index (Phi) is 14.7. The van der Waals surface area contributed by atoms with Crippen LogP contribution in [0, 0.1) is 5.41 Å². The number of allylic oxidation sites excluding steroid dienone is 3. The summed E-state index contributed by atoms with van der Waals surface area (Å²) in [6, 6.07) is -1.64. The summed E-state index contributed by atoms with van der Waals surface area (Å²) in [6.07, 6.45) is 7.45. The Hall–Kier alpha value is -1.52. The predicted octanol–water partition coefficient (Wildman–Crippen LogP) is 10.2. The van der Waals surface area contributed by atoms with Crippen molar-refractivity contribution in [2.45, 2.75) is 164 Å². The quantitative estimate of drug-likeness (QED) is 0.330. The fraction of sp³-hybridized carbons (Fsp3) is 0.818. The van der Waals surface area contributed by atoms with Gasteiger partial charge in [-0.1, -0.05) is 47.4 Å². The van der Waals surface area contributed by atoms with Crippen LogP contribution in [0.25, 0.3) is 0 Å². The molecule has 0 aromatic carbocycles. The number of hydrogen-bond donors (Lipinski definition) is 0. The summed E-state index contributed by atoms with van der Waals surface area (Å²) in [4.78, 5) is 6.04. The third-order valence-corrected chi connectivity index (χ3v) is 7.63. The molecule has 0 spiro atoms. The van der Waals surface area contributed by atoms with Crippen molar-refractivity contribution >= 4 is 0 Å². The fourth-order valence-corrected chi connectivity index (χ4v) is 6.00.